The summed E-state index contributed by atoms with van der Waals surface area (Å²) in [6, 6.07) is 32.0. The van der Waals surface area contributed by atoms with Crippen molar-refractivity contribution in [3.05, 3.63) is 108 Å². The fourth-order valence-electron chi connectivity index (χ4n) is 6.55. The molecule has 0 spiro atoms. The van der Waals surface area contributed by atoms with Gasteiger partial charge in [0.25, 0.3) is 0 Å². The van der Waals surface area contributed by atoms with Gasteiger partial charge in [0, 0.05) is 36.1 Å². The van der Waals surface area contributed by atoms with Crippen LogP contribution in [0.15, 0.2) is 97.1 Å². The van der Waals surface area contributed by atoms with Gasteiger partial charge in [-0.1, -0.05) is 73.2 Å². The smallest absolute Gasteiger partial charge is 0.220 e. The molecule has 0 aromatic heterocycles. The molecule has 268 valence electrons. The zero-order valence-electron chi connectivity index (χ0n) is 30.1. The van der Waals surface area contributed by atoms with Crippen molar-refractivity contribution in [3.63, 3.8) is 0 Å². The van der Waals surface area contributed by atoms with Crippen LogP contribution in [0, 0.1) is 24.7 Å². The summed E-state index contributed by atoms with van der Waals surface area (Å²) in [6.45, 7) is 1.22. The Morgan fingerprint density at radius 2 is 0.865 bits per heavy atom. The zero-order valence-corrected chi connectivity index (χ0v) is 30.1. The molecule has 1 aliphatic rings. The number of carbonyl (C=O) groups is 2. The van der Waals surface area contributed by atoms with Gasteiger partial charge in [-0.3, -0.25) is 9.59 Å². The van der Waals surface area contributed by atoms with Gasteiger partial charge in [-0.2, -0.15) is 0 Å². The molecule has 5 rings (SSSR count). The van der Waals surface area contributed by atoms with E-state index in [1.54, 1.807) is 0 Å². The predicted octanol–water partition coefficient (Wildman–Crippen LogP) is 9.11. The molecule has 0 aliphatic heterocycles. The van der Waals surface area contributed by atoms with E-state index in [2.05, 4.69) is 22.5 Å². The first-order valence-electron chi connectivity index (χ1n) is 18.7. The highest BCUT2D eigenvalue weighted by Crippen LogP contribution is 2.25. The molecule has 0 radical (unpaired) electrons. The molecule has 1 aliphatic carbocycles. The lowest BCUT2D eigenvalue weighted by Crippen LogP contribution is -2.53. The molecular weight excluding hydrogens is 645 g/mol. The number of terminal acetylenes is 2. The largest absolute Gasteiger partial charge is 0.494 e. The van der Waals surface area contributed by atoms with Gasteiger partial charge in [0.15, 0.2) is 0 Å². The number of hydrogen-bond donors (Lipinski definition) is 2. The van der Waals surface area contributed by atoms with Gasteiger partial charge in [0.1, 0.15) is 11.5 Å². The lowest BCUT2D eigenvalue weighted by molar-refractivity contribution is -0.125. The minimum absolute atomic E-state index is 0.00568. The normalized spacial score (nSPS) is 15.1. The highest BCUT2D eigenvalue weighted by molar-refractivity contribution is 5.78. The molecule has 0 heterocycles. The molecule has 6 heteroatoms. The Hall–Kier alpha value is -5.46. The van der Waals surface area contributed by atoms with Crippen LogP contribution in [0.25, 0.3) is 22.3 Å². The van der Waals surface area contributed by atoms with Crippen molar-refractivity contribution < 1.29 is 19.1 Å². The summed E-state index contributed by atoms with van der Waals surface area (Å²) in [6.07, 6.45) is 21.0. The summed E-state index contributed by atoms with van der Waals surface area (Å²) in [7, 11) is 0. The second-order valence-corrected chi connectivity index (χ2v) is 13.4. The van der Waals surface area contributed by atoms with E-state index in [1.807, 2.05) is 97.1 Å². The van der Waals surface area contributed by atoms with Gasteiger partial charge in [0.2, 0.25) is 11.8 Å². The lowest BCUT2D eigenvalue weighted by atomic mass is 9.90. The fraction of sp³-hybridized carbons (Fsp3) is 0.348. The maximum atomic E-state index is 12.8. The van der Waals surface area contributed by atoms with Crippen molar-refractivity contribution in [1.29, 1.82) is 0 Å². The van der Waals surface area contributed by atoms with Crippen LogP contribution in [0.3, 0.4) is 0 Å². The third-order valence-corrected chi connectivity index (χ3v) is 9.57. The third-order valence-electron chi connectivity index (χ3n) is 9.57. The van der Waals surface area contributed by atoms with Crippen LogP contribution in [0.5, 0.6) is 11.5 Å². The van der Waals surface area contributed by atoms with E-state index in [1.165, 1.54) is 0 Å². The molecule has 2 N–H and O–H groups in total. The van der Waals surface area contributed by atoms with Crippen LogP contribution in [0.4, 0.5) is 0 Å². The maximum Gasteiger partial charge on any atom is 0.220 e. The first-order valence-corrected chi connectivity index (χ1v) is 18.7. The molecule has 1 saturated carbocycles. The molecule has 0 saturated heterocycles. The van der Waals surface area contributed by atoms with E-state index in [4.69, 9.17) is 22.3 Å². The molecule has 0 bridgehead atoms. The van der Waals surface area contributed by atoms with Crippen LogP contribution < -0.4 is 20.1 Å². The first-order chi connectivity index (χ1) is 25.5. The van der Waals surface area contributed by atoms with Crippen LogP contribution in [0.1, 0.15) is 88.2 Å². The molecule has 4 aromatic carbocycles. The van der Waals surface area contributed by atoms with E-state index in [0.717, 1.165) is 109 Å². The number of ether oxygens (including phenoxy) is 2. The van der Waals surface area contributed by atoms with Crippen LogP contribution in [0.2, 0.25) is 0 Å². The Morgan fingerprint density at radius 3 is 1.21 bits per heavy atom. The molecule has 2 amide bonds. The van der Waals surface area contributed by atoms with E-state index >= 15 is 0 Å². The SMILES string of the molecule is C#Cc1ccc(-c2ccc(OCCCCCC(=O)N[C@@H]3CCCC[C@H]3NC(=O)CCCCCOc3ccc(-c4ccc(C#C)cc4)cc3)cc2)cc1. The summed E-state index contributed by atoms with van der Waals surface area (Å²) >= 11 is 0. The van der Waals surface area contributed by atoms with E-state index in [9.17, 15) is 9.59 Å². The van der Waals surface area contributed by atoms with Crippen molar-refractivity contribution in [2.75, 3.05) is 13.2 Å². The third kappa shape index (κ3) is 12.1. The van der Waals surface area contributed by atoms with E-state index in [0.29, 0.717) is 26.1 Å². The highest BCUT2D eigenvalue weighted by Gasteiger charge is 2.27. The van der Waals surface area contributed by atoms with Gasteiger partial charge < -0.3 is 20.1 Å². The zero-order chi connectivity index (χ0) is 36.4. The minimum atomic E-state index is -0.00568. The lowest BCUT2D eigenvalue weighted by Gasteiger charge is -2.33. The topological polar surface area (TPSA) is 76.7 Å². The quantitative estimate of drug-likeness (QED) is 0.0805. The summed E-state index contributed by atoms with van der Waals surface area (Å²) in [5.74, 6) is 7.08. The monoisotopic (exact) mass is 694 g/mol. The second-order valence-electron chi connectivity index (χ2n) is 13.4. The van der Waals surface area contributed by atoms with Crippen LogP contribution in [-0.4, -0.2) is 37.1 Å². The molecule has 52 heavy (non-hydrogen) atoms. The summed E-state index contributed by atoms with van der Waals surface area (Å²) in [5, 5.41) is 6.43. The molecular formula is C46H50N2O4. The molecule has 4 aromatic rings. The van der Waals surface area contributed by atoms with Crippen molar-refractivity contribution >= 4 is 11.8 Å². The fourth-order valence-corrected chi connectivity index (χ4v) is 6.55. The second kappa shape index (κ2) is 20.4. The van der Waals surface area contributed by atoms with Crippen molar-refractivity contribution in [1.82, 2.24) is 10.6 Å². The highest BCUT2D eigenvalue weighted by atomic mass is 16.5. The summed E-state index contributed by atoms with van der Waals surface area (Å²) in [5.41, 5.74) is 6.19. The molecule has 0 unspecified atom stereocenters. The average molecular weight is 695 g/mol. The number of carbonyl (C=O) groups excluding carboxylic acids is 2. The number of amides is 2. The number of nitrogens with one attached hydrogen (secondary N) is 2. The van der Waals surface area contributed by atoms with Gasteiger partial charge in [0.05, 0.1) is 13.2 Å². The Labute approximate surface area is 309 Å². The maximum absolute atomic E-state index is 12.8. The van der Waals surface area contributed by atoms with Crippen LogP contribution >= 0.6 is 0 Å². The van der Waals surface area contributed by atoms with Crippen molar-refractivity contribution in [2.24, 2.45) is 0 Å². The summed E-state index contributed by atoms with van der Waals surface area (Å²) < 4.78 is 11.8. The number of rotatable bonds is 18. The van der Waals surface area contributed by atoms with Gasteiger partial charge >= 0.3 is 0 Å². The Kier molecular flexibility index (Phi) is 14.8. The minimum Gasteiger partial charge on any atom is -0.494 e. The van der Waals surface area contributed by atoms with Crippen molar-refractivity contribution in [3.8, 4) is 58.4 Å². The van der Waals surface area contributed by atoms with E-state index in [-0.39, 0.29) is 23.9 Å². The number of benzene rings is 4. The number of unbranched alkanes of at least 4 members (excludes halogenated alkanes) is 4. The van der Waals surface area contributed by atoms with Crippen molar-refractivity contribution in [2.45, 2.75) is 89.1 Å². The first kappa shape index (κ1) is 37.8. The van der Waals surface area contributed by atoms with E-state index < -0.39 is 0 Å². The molecule has 1 fully saturated rings. The Balaban J connectivity index is 0.903. The predicted molar refractivity (Wildman–Crippen MR) is 210 cm³/mol. The Morgan fingerprint density at radius 1 is 0.519 bits per heavy atom. The number of hydrogen-bond acceptors (Lipinski definition) is 4. The van der Waals surface area contributed by atoms with Gasteiger partial charge in [-0.15, -0.1) is 12.8 Å². The summed E-state index contributed by atoms with van der Waals surface area (Å²) in [4.78, 5) is 25.6. The average Bonchev–Trinajstić information content (AvgIpc) is 3.19. The van der Waals surface area contributed by atoms with Gasteiger partial charge in [-0.05, 0) is 122 Å². The standard InChI is InChI=1S/C46H50N2O4/c1-3-35-17-21-37(22-18-35)39-25-29-41(30-26-39)51-33-11-5-7-15-45(49)47-43-13-9-10-14-44(43)48-46(50)16-8-6-12-34-52-42-31-27-40(28-32-42)38-23-19-36(4-2)20-24-38/h1-2,17-32,43-44H,5-16,33-34H2,(H,47,49)(H,48,50)/t43-,44-/m1/s1. The van der Waals surface area contributed by atoms with Crippen LogP contribution in [-0.2, 0) is 9.59 Å². The molecule has 6 nitrogen and oxygen atoms in total. The van der Waals surface area contributed by atoms with Gasteiger partial charge in [-0.25, -0.2) is 0 Å². The Bertz CT molecular complexity index is 1650. The molecule has 2 atom stereocenters.